The third-order valence-corrected chi connectivity index (χ3v) is 2.98. The molecule has 0 fully saturated rings. The molecule has 1 aromatic carbocycles. The molecule has 0 bridgehead atoms. The first-order valence-electron chi connectivity index (χ1n) is 4.79. The molecular formula is C11H12Cl2N2O. The van der Waals surface area contributed by atoms with Crippen molar-refractivity contribution in [3.63, 3.8) is 0 Å². The fourth-order valence-electron chi connectivity index (χ4n) is 1.23. The number of ether oxygens (including phenoxy) is 1. The van der Waals surface area contributed by atoms with Gasteiger partial charge < -0.3 is 10.1 Å². The number of benzene rings is 1. The summed E-state index contributed by atoms with van der Waals surface area (Å²) in [5.74, 6) is 0.562. The highest BCUT2D eigenvalue weighted by Gasteiger charge is 2.09. The van der Waals surface area contributed by atoms with E-state index in [2.05, 4.69) is 11.4 Å². The minimum absolute atomic E-state index is 0.420. The van der Waals surface area contributed by atoms with E-state index in [9.17, 15) is 0 Å². The first-order chi connectivity index (χ1) is 7.70. The highest BCUT2D eigenvalue weighted by Crippen LogP contribution is 2.34. The molecule has 0 aliphatic carbocycles. The summed E-state index contributed by atoms with van der Waals surface area (Å²) in [5, 5.41) is 12.4. The van der Waals surface area contributed by atoms with Gasteiger partial charge in [-0.25, -0.2) is 0 Å². The lowest BCUT2D eigenvalue weighted by molar-refractivity contribution is 0.415. The van der Waals surface area contributed by atoms with Gasteiger partial charge in [0.25, 0.3) is 0 Å². The van der Waals surface area contributed by atoms with Gasteiger partial charge in [-0.05, 0) is 11.6 Å². The van der Waals surface area contributed by atoms with Crippen LogP contribution in [0.25, 0.3) is 0 Å². The molecule has 3 nitrogen and oxygen atoms in total. The highest BCUT2D eigenvalue weighted by molar-refractivity contribution is 6.43. The maximum atomic E-state index is 8.38. The van der Waals surface area contributed by atoms with Gasteiger partial charge in [0.15, 0.2) is 0 Å². The lowest BCUT2D eigenvalue weighted by Gasteiger charge is -2.09. The van der Waals surface area contributed by atoms with E-state index in [-0.39, 0.29) is 0 Å². The van der Waals surface area contributed by atoms with Crippen molar-refractivity contribution in [2.45, 2.75) is 13.0 Å². The van der Waals surface area contributed by atoms with Crippen LogP contribution in [0.2, 0.25) is 10.0 Å². The lowest BCUT2D eigenvalue weighted by Crippen LogP contribution is -2.14. The fourth-order valence-corrected chi connectivity index (χ4v) is 1.72. The van der Waals surface area contributed by atoms with Gasteiger partial charge in [0.1, 0.15) is 10.8 Å². The maximum Gasteiger partial charge on any atom is 0.138 e. The normalized spacial score (nSPS) is 9.88. The second-order valence-corrected chi connectivity index (χ2v) is 3.90. The van der Waals surface area contributed by atoms with E-state index in [1.807, 2.05) is 6.07 Å². The van der Waals surface area contributed by atoms with Gasteiger partial charge in [0.2, 0.25) is 0 Å². The van der Waals surface area contributed by atoms with E-state index in [1.54, 1.807) is 13.2 Å². The van der Waals surface area contributed by atoms with Gasteiger partial charge in [-0.1, -0.05) is 29.3 Å². The Morgan fingerprint density at radius 1 is 1.38 bits per heavy atom. The van der Waals surface area contributed by atoms with Crippen LogP contribution < -0.4 is 10.1 Å². The Hall–Kier alpha value is -0.950. The van der Waals surface area contributed by atoms with Crippen molar-refractivity contribution in [1.29, 1.82) is 5.26 Å². The van der Waals surface area contributed by atoms with E-state index in [4.69, 9.17) is 33.2 Å². The second kappa shape index (κ2) is 6.59. The van der Waals surface area contributed by atoms with E-state index in [0.29, 0.717) is 35.3 Å². The molecular weight excluding hydrogens is 247 g/mol. The van der Waals surface area contributed by atoms with Crippen molar-refractivity contribution in [2.75, 3.05) is 13.7 Å². The Labute approximate surface area is 105 Å². The number of hydrogen-bond acceptors (Lipinski definition) is 3. The number of nitriles is 1. The van der Waals surface area contributed by atoms with Crippen LogP contribution in [-0.2, 0) is 6.54 Å². The number of methoxy groups -OCH3 is 1. The van der Waals surface area contributed by atoms with E-state index >= 15 is 0 Å². The zero-order valence-corrected chi connectivity index (χ0v) is 10.4. The summed E-state index contributed by atoms with van der Waals surface area (Å²) >= 11 is 12.1. The first-order valence-corrected chi connectivity index (χ1v) is 5.54. The number of nitrogens with one attached hydrogen (secondary N) is 1. The third kappa shape index (κ3) is 3.28. The number of rotatable bonds is 5. The topological polar surface area (TPSA) is 45.0 Å². The van der Waals surface area contributed by atoms with Crippen LogP contribution >= 0.6 is 23.2 Å². The predicted molar refractivity (Wildman–Crippen MR) is 65.0 cm³/mol. The summed E-state index contributed by atoms with van der Waals surface area (Å²) in [6.45, 7) is 1.22. The summed E-state index contributed by atoms with van der Waals surface area (Å²) in [7, 11) is 1.54. The van der Waals surface area contributed by atoms with Gasteiger partial charge in [0.05, 0.1) is 18.2 Å². The van der Waals surface area contributed by atoms with Crippen molar-refractivity contribution in [1.82, 2.24) is 5.32 Å². The number of halogens is 2. The minimum atomic E-state index is 0.420. The monoisotopic (exact) mass is 258 g/mol. The van der Waals surface area contributed by atoms with E-state index < -0.39 is 0 Å². The summed E-state index contributed by atoms with van der Waals surface area (Å²) in [5.41, 5.74) is 0.894. The van der Waals surface area contributed by atoms with Crippen molar-refractivity contribution < 1.29 is 4.74 Å². The molecule has 1 aromatic rings. The summed E-state index contributed by atoms with van der Waals surface area (Å²) in [6.07, 6.45) is 0.474. The Morgan fingerprint density at radius 2 is 2.12 bits per heavy atom. The molecule has 0 aliphatic rings. The van der Waals surface area contributed by atoms with Gasteiger partial charge >= 0.3 is 0 Å². The predicted octanol–water partition coefficient (Wildman–Crippen LogP) is 3.01. The van der Waals surface area contributed by atoms with Gasteiger partial charge in [-0.15, -0.1) is 0 Å². The van der Waals surface area contributed by atoms with Crippen molar-refractivity contribution in [3.05, 3.63) is 27.7 Å². The number of hydrogen-bond donors (Lipinski definition) is 1. The van der Waals surface area contributed by atoms with Crippen molar-refractivity contribution in [3.8, 4) is 11.8 Å². The SMILES string of the molecule is COc1ccc(CNCCC#N)c(Cl)c1Cl. The number of nitrogens with zero attached hydrogens (tertiary/aromatic N) is 1. The van der Waals surface area contributed by atoms with Crippen LogP contribution in [0.3, 0.4) is 0 Å². The molecule has 5 heteroatoms. The molecule has 0 aromatic heterocycles. The van der Waals surface area contributed by atoms with E-state index in [0.717, 1.165) is 5.56 Å². The largest absolute Gasteiger partial charge is 0.495 e. The average molecular weight is 259 g/mol. The lowest BCUT2D eigenvalue weighted by atomic mass is 10.2. The van der Waals surface area contributed by atoms with Crippen molar-refractivity contribution in [2.24, 2.45) is 0 Å². The smallest absolute Gasteiger partial charge is 0.138 e. The van der Waals surface area contributed by atoms with Crippen LogP contribution in [0.15, 0.2) is 12.1 Å². The fraction of sp³-hybridized carbons (Fsp3) is 0.364. The standard InChI is InChI=1S/C11H12Cl2N2O/c1-16-9-4-3-8(10(12)11(9)13)7-15-6-2-5-14/h3-4,15H,2,6-7H2,1H3. The summed E-state index contributed by atoms with van der Waals surface area (Å²) < 4.78 is 5.04. The zero-order valence-electron chi connectivity index (χ0n) is 8.89. The molecule has 0 unspecified atom stereocenters. The molecule has 0 saturated carbocycles. The molecule has 86 valence electrons. The van der Waals surface area contributed by atoms with Crippen LogP contribution in [0.5, 0.6) is 5.75 Å². The van der Waals surface area contributed by atoms with Crippen LogP contribution in [0.1, 0.15) is 12.0 Å². The Morgan fingerprint density at radius 3 is 2.75 bits per heavy atom. The molecule has 0 amide bonds. The third-order valence-electron chi connectivity index (χ3n) is 2.08. The van der Waals surface area contributed by atoms with Crippen LogP contribution in [-0.4, -0.2) is 13.7 Å². The van der Waals surface area contributed by atoms with Crippen LogP contribution in [0, 0.1) is 11.3 Å². The second-order valence-electron chi connectivity index (χ2n) is 3.14. The Balaban J connectivity index is 2.68. The Bertz CT molecular complexity index is 402. The van der Waals surface area contributed by atoms with E-state index in [1.165, 1.54) is 0 Å². The van der Waals surface area contributed by atoms with Gasteiger partial charge in [-0.2, -0.15) is 5.26 Å². The van der Waals surface area contributed by atoms with Crippen molar-refractivity contribution >= 4 is 23.2 Å². The minimum Gasteiger partial charge on any atom is -0.495 e. The molecule has 0 aliphatic heterocycles. The molecule has 16 heavy (non-hydrogen) atoms. The molecule has 0 spiro atoms. The zero-order chi connectivity index (χ0) is 12.0. The maximum absolute atomic E-state index is 8.38. The van der Waals surface area contributed by atoms with Gasteiger partial charge in [0, 0.05) is 19.5 Å². The molecule has 0 radical (unpaired) electrons. The van der Waals surface area contributed by atoms with Gasteiger partial charge in [-0.3, -0.25) is 0 Å². The molecule has 1 rings (SSSR count). The molecule has 0 atom stereocenters. The molecule has 0 heterocycles. The Kier molecular flexibility index (Phi) is 5.41. The summed E-state index contributed by atoms with van der Waals surface area (Å²) in [4.78, 5) is 0. The highest BCUT2D eigenvalue weighted by atomic mass is 35.5. The van der Waals surface area contributed by atoms with Crippen LogP contribution in [0.4, 0.5) is 0 Å². The average Bonchev–Trinajstić information content (AvgIpc) is 2.30. The summed E-state index contributed by atoms with van der Waals surface area (Å²) in [6, 6.07) is 5.68. The molecule has 0 saturated heterocycles. The first kappa shape index (κ1) is 13.1. The molecule has 1 N–H and O–H groups in total. The quantitative estimate of drug-likeness (QED) is 0.826.